The van der Waals surface area contributed by atoms with Gasteiger partial charge in [0.15, 0.2) is 10.1 Å². The number of phenols is 1. The maximum atomic E-state index is 9.99. The van der Waals surface area contributed by atoms with Gasteiger partial charge in [0, 0.05) is 12.6 Å². The topological polar surface area (TPSA) is 104 Å². The molecule has 0 spiro atoms. The van der Waals surface area contributed by atoms with E-state index in [1.807, 2.05) is 6.92 Å². The Kier molecular flexibility index (Phi) is 2.99. The van der Waals surface area contributed by atoms with Crippen molar-refractivity contribution in [2.45, 2.75) is 6.92 Å². The van der Waals surface area contributed by atoms with Gasteiger partial charge in [-0.1, -0.05) is 9.61 Å². The number of aryl methyl sites for hydroxylation is 1. The first kappa shape index (κ1) is 12.8. The SMILES string of the molecule is Cc1[nH]nc2sc(-c3cc(NC(N)=S)ccc3O)n[n+]12. The molecule has 102 valence electrons. The fourth-order valence-corrected chi connectivity index (χ4v) is 2.83. The largest absolute Gasteiger partial charge is 0.507 e. The molecular weight excluding hydrogens is 296 g/mol. The van der Waals surface area contributed by atoms with E-state index in [0.717, 1.165) is 10.8 Å². The van der Waals surface area contributed by atoms with Crippen LogP contribution < -0.4 is 15.6 Å². The third kappa shape index (κ3) is 2.17. The first-order valence-electron chi connectivity index (χ1n) is 5.68. The lowest BCUT2D eigenvalue weighted by molar-refractivity contribution is -0.582. The van der Waals surface area contributed by atoms with E-state index in [9.17, 15) is 5.11 Å². The van der Waals surface area contributed by atoms with Crippen LogP contribution in [0.15, 0.2) is 18.2 Å². The molecule has 1 aromatic carbocycles. The number of fused-ring (bicyclic) bond motifs is 1. The normalized spacial score (nSPS) is 10.8. The fraction of sp³-hybridized carbons (Fsp3) is 0.0909. The average molecular weight is 307 g/mol. The first-order valence-corrected chi connectivity index (χ1v) is 6.91. The molecule has 0 bridgehead atoms. The first-order chi connectivity index (χ1) is 9.54. The summed E-state index contributed by atoms with van der Waals surface area (Å²) in [6, 6.07) is 5.00. The predicted molar refractivity (Wildman–Crippen MR) is 79.7 cm³/mol. The molecule has 0 atom stereocenters. The Morgan fingerprint density at radius 3 is 3.05 bits per heavy atom. The Labute approximate surface area is 123 Å². The highest BCUT2D eigenvalue weighted by Crippen LogP contribution is 2.33. The molecule has 0 amide bonds. The van der Waals surface area contributed by atoms with Crippen LogP contribution >= 0.6 is 23.6 Å². The van der Waals surface area contributed by atoms with Crippen molar-refractivity contribution in [3.8, 4) is 16.3 Å². The van der Waals surface area contributed by atoms with Crippen molar-refractivity contribution < 1.29 is 9.62 Å². The molecule has 9 heteroatoms. The number of nitrogens with two attached hydrogens (primary N) is 1. The molecule has 0 saturated heterocycles. The lowest BCUT2D eigenvalue weighted by Crippen LogP contribution is -2.24. The van der Waals surface area contributed by atoms with E-state index in [2.05, 4.69) is 20.6 Å². The Balaban J connectivity index is 2.09. The minimum Gasteiger partial charge on any atom is -0.507 e. The molecule has 3 rings (SSSR count). The number of rotatable bonds is 2. The molecule has 7 nitrogen and oxygen atoms in total. The van der Waals surface area contributed by atoms with Crippen LogP contribution in [0, 0.1) is 6.92 Å². The van der Waals surface area contributed by atoms with Crippen molar-refractivity contribution in [2.24, 2.45) is 5.73 Å². The molecule has 0 radical (unpaired) electrons. The maximum absolute atomic E-state index is 9.99. The Bertz CT molecular complexity index is 808. The van der Waals surface area contributed by atoms with E-state index in [0.29, 0.717) is 16.3 Å². The molecule has 2 heterocycles. The van der Waals surface area contributed by atoms with Crippen molar-refractivity contribution >= 4 is 39.3 Å². The Hall–Kier alpha value is -2.26. The van der Waals surface area contributed by atoms with Gasteiger partial charge in [-0.25, -0.2) is 0 Å². The van der Waals surface area contributed by atoms with Gasteiger partial charge in [0.05, 0.1) is 10.7 Å². The lowest BCUT2D eigenvalue weighted by atomic mass is 10.2. The Morgan fingerprint density at radius 1 is 1.55 bits per heavy atom. The van der Waals surface area contributed by atoms with Crippen LogP contribution in [0.25, 0.3) is 15.5 Å². The van der Waals surface area contributed by atoms with Crippen LogP contribution in [0.5, 0.6) is 5.75 Å². The molecule has 0 unspecified atom stereocenters. The summed E-state index contributed by atoms with van der Waals surface area (Å²) in [4.78, 5) is 0.726. The average Bonchev–Trinajstić information content (AvgIpc) is 2.94. The van der Waals surface area contributed by atoms with Crippen molar-refractivity contribution in [1.29, 1.82) is 0 Å². The number of benzene rings is 1. The quantitative estimate of drug-likeness (QED) is 0.319. The van der Waals surface area contributed by atoms with Gasteiger partial charge in [0.1, 0.15) is 5.75 Å². The second-order valence-corrected chi connectivity index (χ2v) is 5.53. The van der Waals surface area contributed by atoms with Gasteiger partial charge in [-0.05, 0) is 41.8 Å². The summed E-state index contributed by atoms with van der Waals surface area (Å²) in [5.74, 6) is 0.955. The van der Waals surface area contributed by atoms with Crippen LogP contribution in [0.3, 0.4) is 0 Å². The van der Waals surface area contributed by atoms with E-state index in [1.165, 1.54) is 11.3 Å². The third-order valence-corrected chi connectivity index (χ3v) is 3.73. The zero-order chi connectivity index (χ0) is 14.3. The molecule has 5 N–H and O–H groups in total. The third-order valence-electron chi connectivity index (χ3n) is 2.69. The summed E-state index contributed by atoms with van der Waals surface area (Å²) in [5.41, 5.74) is 6.74. The lowest BCUT2D eigenvalue weighted by Gasteiger charge is -2.06. The summed E-state index contributed by atoms with van der Waals surface area (Å²) < 4.78 is 1.69. The number of aromatic nitrogens is 4. The van der Waals surface area contributed by atoms with Crippen molar-refractivity contribution in [3.05, 3.63) is 24.0 Å². The summed E-state index contributed by atoms with van der Waals surface area (Å²) in [6.45, 7) is 1.87. The van der Waals surface area contributed by atoms with Gasteiger partial charge in [-0.3, -0.25) is 0 Å². The van der Waals surface area contributed by atoms with Gasteiger partial charge >= 0.3 is 4.96 Å². The number of nitrogens with one attached hydrogen (secondary N) is 2. The molecule has 0 aliphatic rings. The summed E-state index contributed by atoms with van der Waals surface area (Å²) in [5, 5.41) is 25.0. The number of H-pyrrole nitrogens is 1. The minimum atomic E-state index is 0.136. The van der Waals surface area contributed by atoms with Crippen LogP contribution in [-0.4, -0.2) is 25.5 Å². The summed E-state index contributed by atoms with van der Waals surface area (Å²) >= 11 is 6.17. The molecule has 0 fully saturated rings. The molecule has 0 saturated carbocycles. The van der Waals surface area contributed by atoms with Crippen molar-refractivity contribution in [2.75, 3.05) is 5.32 Å². The van der Waals surface area contributed by atoms with E-state index in [4.69, 9.17) is 18.0 Å². The molecule has 0 aliphatic carbocycles. The van der Waals surface area contributed by atoms with Crippen molar-refractivity contribution in [3.63, 3.8) is 0 Å². The minimum absolute atomic E-state index is 0.136. The van der Waals surface area contributed by atoms with Gasteiger partial charge in [0.2, 0.25) is 0 Å². The highest BCUT2D eigenvalue weighted by atomic mass is 32.1. The highest BCUT2D eigenvalue weighted by molar-refractivity contribution is 7.80. The monoisotopic (exact) mass is 307 g/mol. The van der Waals surface area contributed by atoms with Crippen LogP contribution in [0.1, 0.15) is 5.82 Å². The number of hydrogen-bond donors (Lipinski definition) is 4. The number of nitrogens with zero attached hydrogens (tertiary/aromatic N) is 3. The standard InChI is InChI=1S/C11H10N6OS2/c1-5-14-15-11-17(5)16-9(20-11)7-4-6(13-10(12)19)2-3-8(7)18/h2-4H,1H3,(H4,12,13,16,18,19)/p+1. The molecule has 2 aromatic heterocycles. The molecular formula is C11H11N6OS2+. The van der Waals surface area contributed by atoms with E-state index in [-0.39, 0.29) is 10.9 Å². The highest BCUT2D eigenvalue weighted by Gasteiger charge is 2.19. The van der Waals surface area contributed by atoms with E-state index in [1.54, 1.807) is 22.7 Å². The number of anilines is 1. The summed E-state index contributed by atoms with van der Waals surface area (Å²) in [6.07, 6.45) is 0. The predicted octanol–water partition coefficient (Wildman–Crippen LogP) is 0.941. The number of thiocarbonyl (C=S) groups is 1. The van der Waals surface area contributed by atoms with Crippen LogP contribution in [-0.2, 0) is 0 Å². The number of aromatic amines is 1. The smallest absolute Gasteiger partial charge is 0.384 e. The fourth-order valence-electron chi connectivity index (χ4n) is 1.78. The van der Waals surface area contributed by atoms with Gasteiger partial charge in [-0.15, -0.1) is 5.10 Å². The van der Waals surface area contributed by atoms with E-state index >= 15 is 0 Å². The Morgan fingerprint density at radius 2 is 2.35 bits per heavy atom. The van der Waals surface area contributed by atoms with Gasteiger partial charge < -0.3 is 16.2 Å². The zero-order valence-electron chi connectivity index (χ0n) is 10.4. The van der Waals surface area contributed by atoms with Crippen molar-refractivity contribution in [1.82, 2.24) is 15.3 Å². The van der Waals surface area contributed by atoms with Gasteiger partial charge in [0.25, 0.3) is 5.82 Å². The molecule has 0 aliphatic heterocycles. The molecule has 3 aromatic rings. The van der Waals surface area contributed by atoms with Gasteiger partial charge in [-0.2, -0.15) is 0 Å². The summed E-state index contributed by atoms with van der Waals surface area (Å²) in [7, 11) is 0. The second-order valence-electron chi connectivity index (χ2n) is 4.13. The van der Waals surface area contributed by atoms with E-state index < -0.39 is 0 Å². The zero-order valence-corrected chi connectivity index (χ0v) is 12.0. The van der Waals surface area contributed by atoms with Crippen LogP contribution in [0.2, 0.25) is 0 Å². The number of hydrogen-bond acceptors (Lipinski definition) is 5. The van der Waals surface area contributed by atoms with Crippen LogP contribution in [0.4, 0.5) is 5.69 Å². The number of phenolic OH excluding ortho intramolecular Hbond substituents is 1. The molecule has 20 heavy (non-hydrogen) atoms. The maximum Gasteiger partial charge on any atom is 0.384 e. The number of aromatic hydroxyl groups is 1. The second kappa shape index (κ2) is 4.69.